The quantitative estimate of drug-likeness (QED) is 0.626. The van der Waals surface area contributed by atoms with E-state index in [0.29, 0.717) is 11.3 Å². The van der Waals surface area contributed by atoms with Crippen molar-refractivity contribution in [1.29, 1.82) is 0 Å². The van der Waals surface area contributed by atoms with Crippen molar-refractivity contribution in [1.82, 2.24) is 0 Å². The maximum absolute atomic E-state index is 11.0. The summed E-state index contributed by atoms with van der Waals surface area (Å²) < 4.78 is 0.743. The topological polar surface area (TPSA) is 75.4 Å². The Morgan fingerprint density at radius 3 is 2.62 bits per heavy atom. The van der Waals surface area contributed by atoms with Gasteiger partial charge in [0.1, 0.15) is 5.75 Å². The lowest BCUT2D eigenvalue weighted by Crippen LogP contribution is -2.08. The Hall–Kier alpha value is -2.08. The van der Waals surface area contributed by atoms with E-state index in [1.165, 1.54) is 6.07 Å². The minimum absolute atomic E-state index is 0.0604. The second-order valence-corrected chi connectivity index (χ2v) is 5.65. The van der Waals surface area contributed by atoms with E-state index >= 15 is 0 Å². The van der Waals surface area contributed by atoms with Crippen LogP contribution in [0.4, 0.5) is 11.4 Å². The van der Waals surface area contributed by atoms with Gasteiger partial charge in [0.15, 0.2) is 0 Å². The SMILES string of the molecule is Cc1cc(Br)c(NC(C)c2ccccc2O)cc1[N+](=O)[O-]. The highest BCUT2D eigenvalue weighted by atomic mass is 79.9. The molecule has 2 aromatic carbocycles. The van der Waals surface area contributed by atoms with Crippen molar-refractivity contribution in [2.45, 2.75) is 19.9 Å². The van der Waals surface area contributed by atoms with Gasteiger partial charge in [0.05, 0.1) is 16.7 Å². The summed E-state index contributed by atoms with van der Waals surface area (Å²) >= 11 is 3.40. The summed E-state index contributed by atoms with van der Waals surface area (Å²) in [5.41, 5.74) is 1.99. The monoisotopic (exact) mass is 350 g/mol. The molecule has 110 valence electrons. The van der Waals surface area contributed by atoms with Crippen LogP contribution in [0.1, 0.15) is 24.1 Å². The van der Waals surface area contributed by atoms with Crippen molar-refractivity contribution in [3.05, 3.63) is 62.1 Å². The van der Waals surface area contributed by atoms with E-state index in [9.17, 15) is 15.2 Å². The highest BCUT2D eigenvalue weighted by Crippen LogP contribution is 2.34. The summed E-state index contributed by atoms with van der Waals surface area (Å²) in [6, 6.07) is 10.0. The minimum Gasteiger partial charge on any atom is -0.508 e. The molecule has 2 N–H and O–H groups in total. The van der Waals surface area contributed by atoms with Gasteiger partial charge in [-0.15, -0.1) is 0 Å². The highest BCUT2D eigenvalue weighted by Gasteiger charge is 2.17. The molecule has 1 atom stereocenters. The Morgan fingerprint density at radius 1 is 1.33 bits per heavy atom. The second kappa shape index (κ2) is 6.13. The van der Waals surface area contributed by atoms with Crippen LogP contribution in [0.15, 0.2) is 40.9 Å². The molecule has 0 aromatic heterocycles. The Kier molecular flexibility index (Phi) is 4.47. The number of benzene rings is 2. The number of nitro benzene ring substituents is 1. The first-order chi connectivity index (χ1) is 9.90. The molecule has 0 spiro atoms. The molecule has 0 saturated heterocycles. The fourth-order valence-corrected chi connectivity index (χ4v) is 2.71. The van der Waals surface area contributed by atoms with Gasteiger partial charge in [-0.05, 0) is 41.9 Å². The van der Waals surface area contributed by atoms with Gasteiger partial charge in [0.25, 0.3) is 5.69 Å². The Labute approximate surface area is 130 Å². The summed E-state index contributed by atoms with van der Waals surface area (Å²) in [6.45, 7) is 3.58. The highest BCUT2D eigenvalue weighted by molar-refractivity contribution is 9.10. The van der Waals surface area contributed by atoms with Crippen LogP contribution in [0.5, 0.6) is 5.75 Å². The first-order valence-electron chi connectivity index (χ1n) is 6.39. The molecule has 0 aliphatic heterocycles. The fourth-order valence-electron chi connectivity index (χ4n) is 2.13. The number of hydrogen-bond acceptors (Lipinski definition) is 4. The molecule has 0 aliphatic carbocycles. The number of anilines is 1. The van der Waals surface area contributed by atoms with Gasteiger partial charge < -0.3 is 10.4 Å². The zero-order chi connectivity index (χ0) is 15.6. The number of aromatic hydroxyl groups is 1. The van der Waals surface area contributed by atoms with E-state index in [0.717, 1.165) is 10.0 Å². The molecule has 21 heavy (non-hydrogen) atoms. The first kappa shape index (κ1) is 15.3. The summed E-state index contributed by atoms with van der Waals surface area (Å²) in [7, 11) is 0. The predicted molar refractivity (Wildman–Crippen MR) is 85.7 cm³/mol. The van der Waals surface area contributed by atoms with Crippen LogP contribution in [0, 0.1) is 17.0 Å². The molecule has 0 fully saturated rings. The van der Waals surface area contributed by atoms with Gasteiger partial charge in [0, 0.05) is 21.7 Å². The Balaban J connectivity index is 2.33. The average molecular weight is 351 g/mol. The lowest BCUT2D eigenvalue weighted by molar-refractivity contribution is -0.385. The lowest BCUT2D eigenvalue weighted by atomic mass is 10.1. The normalized spacial score (nSPS) is 12.0. The molecule has 0 saturated carbocycles. The molecule has 0 aliphatic rings. The van der Waals surface area contributed by atoms with Gasteiger partial charge in [-0.1, -0.05) is 18.2 Å². The van der Waals surface area contributed by atoms with Gasteiger partial charge in [-0.25, -0.2) is 0 Å². The Bertz CT molecular complexity index is 689. The number of nitro groups is 1. The number of rotatable bonds is 4. The zero-order valence-corrected chi connectivity index (χ0v) is 13.2. The summed E-state index contributed by atoms with van der Waals surface area (Å²) in [6.07, 6.45) is 0. The van der Waals surface area contributed by atoms with E-state index < -0.39 is 4.92 Å². The van der Waals surface area contributed by atoms with E-state index in [-0.39, 0.29) is 17.5 Å². The average Bonchev–Trinajstić information content (AvgIpc) is 2.41. The van der Waals surface area contributed by atoms with Crippen LogP contribution in [0.3, 0.4) is 0 Å². The van der Waals surface area contributed by atoms with E-state index in [1.807, 2.05) is 19.1 Å². The molecule has 2 rings (SSSR count). The van der Waals surface area contributed by atoms with Crippen LogP contribution in [-0.4, -0.2) is 10.0 Å². The fraction of sp³-hybridized carbons (Fsp3) is 0.200. The third-order valence-corrected chi connectivity index (χ3v) is 3.91. The summed E-state index contributed by atoms with van der Waals surface area (Å²) in [4.78, 5) is 10.6. The predicted octanol–water partition coefficient (Wildman–Crippen LogP) is 4.54. The van der Waals surface area contributed by atoms with Crippen molar-refractivity contribution in [3.8, 4) is 5.75 Å². The molecule has 6 heteroatoms. The van der Waals surface area contributed by atoms with Crippen molar-refractivity contribution < 1.29 is 10.0 Å². The number of nitrogens with zero attached hydrogens (tertiary/aromatic N) is 1. The van der Waals surface area contributed by atoms with Crippen LogP contribution >= 0.6 is 15.9 Å². The van der Waals surface area contributed by atoms with E-state index in [2.05, 4.69) is 21.2 Å². The van der Waals surface area contributed by atoms with Crippen LogP contribution < -0.4 is 5.32 Å². The summed E-state index contributed by atoms with van der Waals surface area (Å²) in [5, 5.41) is 24.1. The van der Waals surface area contributed by atoms with Crippen LogP contribution in [-0.2, 0) is 0 Å². The molecule has 1 unspecified atom stereocenters. The third-order valence-electron chi connectivity index (χ3n) is 3.26. The minimum atomic E-state index is -0.405. The standard InChI is InChI=1S/C15H15BrN2O3/c1-9-7-12(16)13(8-14(9)18(20)21)17-10(2)11-5-3-4-6-15(11)19/h3-8,10,17,19H,1-2H3. The molecular formula is C15H15BrN2O3. The molecular weight excluding hydrogens is 336 g/mol. The number of halogens is 1. The number of aryl methyl sites for hydroxylation is 1. The smallest absolute Gasteiger partial charge is 0.274 e. The number of nitrogens with one attached hydrogen (secondary N) is 1. The van der Waals surface area contributed by atoms with Gasteiger partial charge in [-0.3, -0.25) is 10.1 Å². The number of hydrogen-bond donors (Lipinski definition) is 2. The lowest BCUT2D eigenvalue weighted by Gasteiger charge is -2.18. The molecule has 0 amide bonds. The summed E-state index contributed by atoms with van der Waals surface area (Å²) in [5.74, 6) is 0.190. The maximum atomic E-state index is 11.0. The van der Waals surface area contributed by atoms with Gasteiger partial charge in [0.2, 0.25) is 0 Å². The molecule has 0 bridgehead atoms. The first-order valence-corrected chi connectivity index (χ1v) is 7.18. The number of phenols is 1. The molecule has 0 radical (unpaired) electrons. The van der Waals surface area contributed by atoms with E-state index in [1.54, 1.807) is 25.1 Å². The van der Waals surface area contributed by atoms with Crippen molar-refractivity contribution in [2.75, 3.05) is 5.32 Å². The van der Waals surface area contributed by atoms with Crippen molar-refractivity contribution in [2.24, 2.45) is 0 Å². The van der Waals surface area contributed by atoms with Crippen molar-refractivity contribution >= 4 is 27.3 Å². The Morgan fingerprint density at radius 2 is 2.00 bits per heavy atom. The van der Waals surface area contributed by atoms with Crippen molar-refractivity contribution in [3.63, 3.8) is 0 Å². The van der Waals surface area contributed by atoms with Crippen LogP contribution in [0.25, 0.3) is 0 Å². The number of phenolic OH excluding ortho intramolecular Hbond substituents is 1. The molecule has 5 nitrogen and oxygen atoms in total. The van der Waals surface area contributed by atoms with E-state index in [4.69, 9.17) is 0 Å². The van der Waals surface area contributed by atoms with Gasteiger partial charge in [-0.2, -0.15) is 0 Å². The molecule has 0 heterocycles. The largest absolute Gasteiger partial charge is 0.508 e. The number of para-hydroxylation sites is 1. The van der Waals surface area contributed by atoms with Crippen LogP contribution in [0.2, 0.25) is 0 Å². The molecule has 2 aromatic rings. The third kappa shape index (κ3) is 3.33. The second-order valence-electron chi connectivity index (χ2n) is 4.80. The maximum Gasteiger partial charge on any atom is 0.274 e. The zero-order valence-electron chi connectivity index (χ0n) is 11.6. The van der Waals surface area contributed by atoms with Gasteiger partial charge >= 0.3 is 0 Å².